The fourth-order valence-corrected chi connectivity index (χ4v) is 1.70. The predicted octanol–water partition coefficient (Wildman–Crippen LogP) is 1.82. The number of hydrogen-bond donors (Lipinski definition) is 0. The van der Waals surface area contributed by atoms with E-state index in [4.69, 9.17) is 4.52 Å². The number of aryl methyl sites for hydroxylation is 1. The van der Waals surface area contributed by atoms with Crippen LogP contribution in [-0.2, 0) is 6.54 Å². The van der Waals surface area contributed by atoms with Gasteiger partial charge in [0.1, 0.15) is 5.82 Å². The standard InChI is InChI=1S/C12H10FN5O/c1-8-14-12(16-19-8)11-7-18(17-15-11)6-9-3-2-4-10(13)5-9/h2-5,7H,6H2,1H3. The maximum atomic E-state index is 13.1. The predicted molar refractivity (Wildman–Crippen MR) is 63.6 cm³/mol. The zero-order valence-corrected chi connectivity index (χ0v) is 10.1. The second-order valence-corrected chi connectivity index (χ2v) is 4.07. The first kappa shape index (κ1) is 11.5. The van der Waals surface area contributed by atoms with E-state index in [0.29, 0.717) is 24.0 Å². The van der Waals surface area contributed by atoms with Gasteiger partial charge in [0.05, 0.1) is 12.7 Å². The van der Waals surface area contributed by atoms with Crippen molar-refractivity contribution in [2.24, 2.45) is 0 Å². The smallest absolute Gasteiger partial charge is 0.224 e. The molecule has 6 nitrogen and oxygen atoms in total. The molecule has 0 amide bonds. The highest BCUT2D eigenvalue weighted by Gasteiger charge is 2.10. The van der Waals surface area contributed by atoms with E-state index in [1.807, 2.05) is 6.07 Å². The van der Waals surface area contributed by atoms with E-state index in [0.717, 1.165) is 5.56 Å². The van der Waals surface area contributed by atoms with Crippen LogP contribution < -0.4 is 0 Å². The summed E-state index contributed by atoms with van der Waals surface area (Å²) in [6.45, 7) is 2.13. The number of aromatic nitrogens is 5. The molecule has 1 aromatic carbocycles. The summed E-state index contributed by atoms with van der Waals surface area (Å²) in [6.07, 6.45) is 1.69. The third-order valence-corrected chi connectivity index (χ3v) is 2.53. The molecule has 2 heterocycles. The summed E-state index contributed by atoms with van der Waals surface area (Å²) in [7, 11) is 0. The SMILES string of the molecule is Cc1nc(-c2cn(Cc3cccc(F)c3)nn2)no1. The van der Waals surface area contributed by atoms with Gasteiger partial charge in [0.2, 0.25) is 11.7 Å². The van der Waals surface area contributed by atoms with E-state index >= 15 is 0 Å². The molecule has 0 fully saturated rings. The third-order valence-electron chi connectivity index (χ3n) is 2.53. The van der Waals surface area contributed by atoms with E-state index in [1.54, 1.807) is 23.9 Å². The van der Waals surface area contributed by atoms with Gasteiger partial charge in [-0.05, 0) is 17.7 Å². The summed E-state index contributed by atoms with van der Waals surface area (Å²) in [5, 5.41) is 11.7. The Labute approximate surface area is 107 Å². The van der Waals surface area contributed by atoms with Gasteiger partial charge in [-0.3, -0.25) is 0 Å². The van der Waals surface area contributed by atoms with Crippen LogP contribution in [0.3, 0.4) is 0 Å². The van der Waals surface area contributed by atoms with Crippen LogP contribution >= 0.6 is 0 Å². The van der Waals surface area contributed by atoms with Crippen LogP contribution in [0.1, 0.15) is 11.5 Å². The molecule has 0 aliphatic heterocycles. The fraction of sp³-hybridized carbons (Fsp3) is 0.167. The summed E-state index contributed by atoms with van der Waals surface area (Å²) in [5.74, 6) is 0.587. The van der Waals surface area contributed by atoms with Crippen LogP contribution in [-0.4, -0.2) is 25.1 Å². The van der Waals surface area contributed by atoms with Gasteiger partial charge in [0.15, 0.2) is 5.69 Å². The Bertz CT molecular complexity index is 705. The van der Waals surface area contributed by atoms with Crippen molar-refractivity contribution in [3.8, 4) is 11.5 Å². The normalized spacial score (nSPS) is 10.8. The van der Waals surface area contributed by atoms with E-state index < -0.39 is 0 Å². The largest absolute Gasteiger partial charge is 0.339 e. The van der Waals surface area contributed by atoms with Gasteiger partial charge in [-0.15, -0.1) is 5.10 Å². The summed E-state index contributed by atoms with van der Waals surface area (Å²) in [6, 6.07) is 6.34. The van der Waals surface area contributed by atoms with Gasteiger partial charge >= 0.3 is 0 Å². The molecule has 0 saturated heterocycles. The lowest BCUT2D eigenvalue weighted by Gasteiger charge is -2.00. The highest BCUT2D eigenvalue weighted by Crippen LogP contribution is 2.12. The van der Waals surface area contributed by atoms with Crippen molar-refractivity contribution in [1.29, 1.82) is 0 Å². The molecule has 0 atom stereocenters. The molecule has 2 aromatic heterocycles. The Morgan fingerprint density at radius 3 is 3.00 bits per heavy atom. The Morgan fingerprint density at radius 2 is 2.26 bits per heavy atom. The molecular formula is C12H10FN5O. The Hall–Kier alpha value is -2.57. The van der Waals surface area contributed by atoms with Crippen LogP contribution in [0.2, 0.25) is 0 Å². The minimum Gasteiger partial charge on any atom is -0.339 e. The molecule has 0 aliphatic carbocycles. The monoisotopic (exact) mass is 259 g/mol. The van der Waals surface area contributed by atoms with E-state index in [-0.39, 0.29) is 5.82 Å². The van der Waals surface area contributed by atoms with Crippen LogP contribution in [0.25, 0.3) is 11.5 Å². The molecule has 19 heavy (non-hydrogen) atoms. The molecule has 0 saturated carbocycles. The first-order valence-electron chi connectivity index (χ1n) is 5.66. The maximum Gasteiger partial charge on any atom is 0.224 e. The van der Waals surface area contributed by atoms with Gasteiger partial charge in [0, 0.05) is 6.92 Å². The van der Waals surface area contributed by atoms with Crippen LogP contribution in [0.4, 0.5) is 4.39 Å². The molecular weight excluding hydrogens is 249 g/mol. The minimum absolute atomic E-state index is 0.272. The first-order valence-corrected chi connectivity index (χ1v) is 5.66. The summed E-state index contributed by atoms with van der Waals surface area (Å²) < 4.78 is 19.5. The van der Waals surface area contributed by atoms with Crippen molar-refractivity contribution in [1.82, 2.24) is 25.1 Å². The van der Waals surface area contributed by atoms with Crippen molar-refractivity contribution in [3.05, 3.63) is 47.7 Å². The van der Waals surface area contributed by atoms with Crippen molar-refractivity contribution < 1.29 is 8.91 Å². The molecule has 3 aromatic rings. The van der Waals surface area contributed by atoms with E-state index in [1.165, 1.54) is 12.1 Å². The van der Waals surface area contributed by atoms with Gasteiger partial charge in [-0.2, -0.15) is 4.98 Å². The average Bonchev–Trinajstić information content (AvgIpc) is 2.98. The lowest BCUT2D eigenvalue weighted by Crippen LogP contribution is -2.00. The molecule has 0 bridgehead atoms. The minimum atomic E-state index is -0.272. The van der Waals surface area contributed by atoms with E-state index in [9.17, 15) is 4.39 Å². The Morgan fingerprint density at radius 1 is 1.37 bits per heavy atom. The first-order chi connectivity index (χ1) is 9.20. The Balaban J connectivity index is 1.82. The zero-order valence-electron chi connectivity index (χ0n) is 10.1. The number of hydrogen-bond acceptors (Lipinski definition) is 5. The number of rotatable bonds is 3. The number of benzene rings is 1. The van der Waals surface area contributed by atoms with Crippen molar-refractivity contribution in [3.63, 3.8) is 0 Å². The average molecular weight is 259 g/mol. The summed E-state index contributed by atoms with van der Waals surface area (Å²) in [5.41, 5.74) is 1.33. The van der Waals surface area contributed by atoms with Crippen LogP contribution in [0, 0.1) is 12.7 Å². The van der Waals surface area contributed by atoms with Gasteiger partial charge in [-0.25, -0.2) is 9.07 Å². The molecule has 96 valence electrons. The summed E-state index contributed by atoms with van der Waals surface area (Å²) in [4.78, 5) is 4.06. The lowest BCUT2D eigenvalue weighted by atomic mass is 10.2. The zero-order chi connectivity index (χ0) is 13.2. The molecule has 0 aliphatic rings. The van der Waals surface area contributed by atoms with Crippen molar-refractivity contribution >= 4 is 0 Å². The van der Waals surface area contributed by atoms with Crippen LogP contribution in [0.15, 0.2) is 35.0 Å². The quantitative estimate of drug-likeness (QED) is 0.717. The lowest BCUT2D eigenvalue weighted by molar-refractivity contribution is 0.394. The number of nitrogens with zero attached hydrogens (tertiary/aromatic N) is 5. The van der Waals surface area contributed by atoms with Gasteiger partial charge in [0.25, 0.3) is 0 Å². The molecule has 0 spiro atoms. The molecule has 0 radical (unpaired) electrons. The second kappa shape index (κ2) is 4.60. The topological polar surface area (TPSA) is 69.6 Å². The van der Waals surface area contributed by atoms with Gasteiger partial charge in [-0.1, -0.05) is 22.5 Å². The number of halogens is 1. The van der Waals surface area contributed by atoms with Crippen molar-refractivity contribution in [2.75, 3.05) is 0 Å². The van der Waals surface area contributed by atoms with E-state index in [2.05, 4.69) is 20.5 Å². The molecule has 3 rings (SSSR count). The Kier molecular flexibility index (Phi) is 2.79. The highest BCUT2D eigenvalue weighted by molar-refractivity contribution is 5.45. The summed E-state index contributed by atoms with van der Waals surface area (Å²) >= 11 is 0. The molecule has 0 N–H and O–H groups in total. The highest BCUT2D eigenvalue weighted by atomic mass is 19.1. The van der Waals surface area contributed by atoms with Gasteiger partial charge < -0.3 is 4.52 Å². The maximum absolute atomic E-state index is 13.1. The fourth-order valence-electron chi connectivity index (χ4n) is 1.70. The second-order valence-electron chi connectivity index (χ2n) is 4.07. The van der Waals surface area contributed by atoms with Crippen molar-refractivity contribution in [2.45, 2.75) is 13.5 Å². The molecule has 7 heteroatoms. The molecule has 0 unspecified atom stereocenters. The van der Waals surface area contributed by atoms with Crippen LogP contribution in [0.5, 0.6) is 0 Å². The third kappa shape index (κ3) is 2.49.